The number of hydrogen-bond acceptors (Lipinski definition) is 8. The lowest BCUT2D eigenvalue weighted by molar-refractivity contribution is 0.188. The normalized spacial score (nSPS) is 21.7. The fourth-order valence-electron chi connectivity index (χ4n) is 1.23. The summed E-state index contributed by atoms with van der Waals surface area (Å²) >= 11 is 0. The second-order valence-electron chi connectivity index (χ2n) is 3.02. The summed E-state index contributed by atoms with van der Waals surface area (Å²) in [6.07, 6.45) is 0.143. The molecule has 1 aliphatic heterocycles. The standard InChI is InChI=1S/C6H14N4O4S/c1-15(12,13)14-5-4-10(2-3-11)6(8-5)9-7/h5,11H,2-4,7H2,1H3,(H,8,9). The molecule has 0 spiro atoms. The average Bonchev–Trinajstić information content (AvgIpc) is 2.45. The van der Waals surface area contributed by atoms with E-state index in [1.165, 1.54) is 0 Å². The first-order valence-electron chi connectivity index (χ1n) is 4.24. The Balaban J connectivity index is 2.63. The predicted molar refractivity (Wildman–Crippen MR) is 53.1 cm³/mol. The van der Waals surface area contributed by atoms with E-state index in [-0.39, 0.29) is 13.2 Å². The zero-order valence-electron chi connectivity index (χ0n) is 8.25. The number of β-amino-alcohol motifs (C(OH)–C–C–N with tert-alkyl or cyclic N) is 1. The van der Waals surface area contributed by atoms with Gasteiger partial charge in [0.15, 0.2) is 6.23 Å². The highest BCUT2D eigenvalue weighted by atomic mass is 32.2. The first-order chi connectivity index (χ1) is 6.96. The summed E-state index contributed by atoms with van der Waals surface area (Å²) in [4.78, 5) is 5.48. The van der Waals surface area contributed by atoms with Gasteiger partial charge in [-0.25, -0.2) is 15.0 Å². The highest BCUT2D eigenvalue weighted by Crippen LogP contribution is 2.10. The van der Waals surface area contributed by atoms with E-state index >= 15 is 0 Å². The molecule has 0 amide bonds. The molecule has 0 radical (unpaired) electrons. The lowest BCUT2D eigenvalue weighted by Crippen LogP contribution is -2.43. The lowest BCUT2D eigenvalue weighted by Gasteiger charge is -2.18. The molecule has 1 atom stereocenters. The van der Waals surface area contributed by atoms with Gasteiger partial charge in [-0.15, -0.1) is 0 Å². The number of aliphatic imine (C=N–C) groups is 1. The van der Waals surface area contributed by atoms with Crippen LogP contribution in [0.1, 0.15) is 0 Å². The van der Waals surface area contributed by atoms with Gasteiger partial charge >= 0.3 is 0 Å². The maximum absolute atomic E-state index is 10.8. The van der Waals surface area contributed by atoms with Crippen molar-refractivity contribution in [1.82, 2.24) is 10.3 Å². The molecule has 0 aromatic heterocycles. The average molecular weight is 238 g/mol. The van der Waals surface area contributed by atoms with Crippen LogP contribution in [0.15, 0.2) is 4.99 Å². The van der Waals surface area contributed by atoms with Gasteiger partial charge in [0.2, 0.25) is 5.96 Å². The fourth-order valence-corrected chi connectivity index (χ4v) is 1.74. The number of hydrogen-bond donors (Lipinski definition) is 3. The Morgan fingerprint density at radius 2 is 2.47 bits per heavy atom. The summed E-state index contributed by atoms with van der Waals surface area (Å²) in [5, 5.41) is 8.73. The number of aliphatic hydroxyl groups is 1. The Morgan fingerprint density at radius 1 is 1.80 bits per heavy atom. The van der Waals surface area contributed by atoms with Crippen LogP contribution < -0.4 is 11.3 Å². The van der Waals surface area contributed by atoms with Gasteiger partial charge in [0.1, 0.15) is 0 Å². The van der Waals surface area contributed by atoms with E-state index in [2.05, 4.69) is 14.6 Å². The largest absolute Gasteiger partial charge is 0.395 e. The van der Waals surface area contributed by atoms with E-state index in [0.717, 1.165) is 6.26 Å². The smallest absolute Gasteiger partial charge is 0.266 e. The molecule has 0 saturated heterocycles. The SMILES string of the molecule is CS(=O)(=O)OC1CN(CCO)C(NN)=N1. The van der Waals surface area contributed by atoms with Crippen molar-refractivity contribution in [3.63, 3.8) is 0 Å². The molecular formula is C6H14N4O4S. The molecule has 4 N–H and O–H groups in total. The topological polar surface area (TPSA) is 117 Å². The molecule has 1 unspecified atom stereocenters. The van der Waals surface area contributed by atoms with E-state index in [1.54, 1.807) is 4.90 Å². The minimum Gasteiger partial charge on any atom is -0.395 e. The number of aliphatic hydroxyl groups excluding tert-OH is 1. The molecule has 0 aromatic rings. The quantitative estimate of drug-likeness (QED) is 0.279. The Kier molecular flexibility index (Phi) is 3.85. The fraction of sp³-hybridized carbons (Fsp3) is 0.833. The number of nitrogens with two attached hydrogens (primary N) is 1. The van der Waals surface area contributed by atoms with Crippen LogP contribution in [0, 0.1) is 0 Å². The van der Waals surface area contributed by atoms with E-state index in [0.29, 0.717) is 12.5 Å². The summed E-state index contributed by atoms with van der Waals surface area (Å²) in [7, 11) is -3.54. The van der Waals surface area contributed by atoms with Crippen molar-refractivity contribution in [3.05, 3.63) is 0 Å². The molecule has 0 aromatic carbocycles. The Morgan fingerprint density at radius 3 is 2.93 bits per heavy atom. The van der Waals surface area contributed by atoms with Crippen LogP contribution in [0.5, 0.6) is 0 Å². The van der Waals surface area contributed by atoms with Gasteiger partial charge in [0.25, 0.3) is 10.1 Å². The van der Waals surface area contributed by atoms with Gasteiger partial charge in [0.05, 0.1) is 19.4 Å². The van der Waals surface area contributed by atoms with Crippen LogP contribution >= 0.6 is 0 Å². The lowest BCUT2D eigenvalue weighted by atomic mass is 10.5. The van der Waals surface area contributed by atoms with Crippen LogP contribution in [-0.2, 0) is 14.3 Å². The van der Waals surface area contributed by atoms with Gasteiger partial charge in [0, 0.05) is 6.54 Å². The molecule has 0 bridgehead atoms. The van der Waals surface area contributed by atoms with Gasteiger partial charge in [-0.05, 0) is 0 Å². The molecule has 15 heavy (non-hydrogen) atoms. The molecule has 0 fully saturated rings. The Bertz CT molecular complexity index is 341. The van der Waals surface area contributed by atoms with Crippen molar-refractivity contribution in [3.8, 4) is 0 Å². The van der Waals surface area contributed by atoms with Crippen LogP contribution in [0.4, 0.5) is 0 Å². The molecule has 8 nitrogen and oxygen atoms in total. The molecule has 0 saturated carbocycles. The Labute approximate surface area is 87.8 Å². The van der Waals surface area contributed by atoms with Crippen molar-refractivity contribution >= 4 is 16.1 Å². The third kappa shape index (κ3) is 3.63. The highest BCUT2D eigenvalue weighted by molar-refractivity contribution is 7.86. The number of rotatable bonds is 4. The molecule has 1 heterocycles. The first kappa shape index (κ1) is 12.2. The second kappa shape index (κ2) is 4.75. The maximum Gasteiger partial charge on any atom is 0.266 e. The molecule has 0 aliphatic carbocycles. The third-order valence-electron chi connectivity index (χ3n) is 1.73. The van der Waals surface area contributed by atoms with E-state index in [9.17, 15) is 8.42 Å². The first-order valence-corrected chi connectivity index (χ1v) is 6.06. The van der Waals surface area contributed by atoms with Crippen molar-refractivity contribution < 1.29 is 17.7 Å². The van der Waals surface area contributed by atoms with E-state index in [1.807, 2.05) is 0 Å². The van der Waals surface area contributed by atoms with Crippen LogP contribution in [-0.4, -0.2) is 56.6 Å². The van der Waals surface area contributed by atoms with Crippen LogP contribution in [0.3, 0.4) is 0 Å². The van der Waals surface area contributed by atoms with Gasteiger partial charge < -0.3 is 10.0 Å². The molecule has 1 aliphatic rings. The summed E-state index contributed by atoms with van der Waals surface area (Å²) in [6, 6.07) is 0. The predicted octanol–water partition coefficient (Wildman–Crippen LogP) is -2.58. The zero-order valence-corrected chi connectivity index (χ0v) is 9.07. The van der Waals surface area contributed by atoms with Crippen LogP contribution in [0.2, 0.25) is 0 Å². The van der Waals surface area contributed by atoms with E-state index in [4.69, 9.17) is 10.9 Å². The third-order valence-corrected chi connectivity index (χ3v) is 2.30. The molecular weight excluding hydrogens is 224 g/mol. The van der Waals surface area contributed by atoms with E-state index < -0.39 is 16.3 Å². The Hall–Kier alpha value is -0.900. The van der Waals surface area contributed by atoms with Crippen LogP contribution in [0.25, 0.3) is 0 Å². The molecule has 1 rings (SSSR count). The zero-order chi connectivity index (χ0) is 11.5. The number of hydrazine groups is 1. The number of guanidine groups is 1. The summed E-state index contributed by atoms with van der Waals surface area (Å²) < 4.78 is 26.3. The van der Waals surface area contributed by atoms with Gasteiger partial charge in [-0.1, -0.05) is 0 Å². The summed E-state index contributed by atoms with van der Waals surface area (Å²) in [6.45, 7) is 0.478. The number of nitrogens with one attached hydrogen (secondary N) is 1. The van der Waals surface area contributed by atoms with Gasteiger partial charge in [-0.2, -0.15) is 8.42 Å². The number of nitrogens with zero attached hydrogens (tertiary/aromatic N) is 2. The minimum absolute atomic E-state index is 0.0771. The van der Waals surface area contributed by atoms with Crippen molar-refractivity contribution in [2.75, 3.05) is 26.0 Å². The van der Waals surface area contributed by atoms with Gasteiger partial charge in [-0.3, -0.25) is 5.43 Å². The van der Waals surface area contributed by atoms with Crippen molar-refractivity contribution in [2.45, 2.75) is 6.23 Å². The maximum atomic E-state index is 10.8. The monoisotopic (exact) mass is 238 g/mol. The highest BCUT2D eigenvalue weighted by Gasteiger charge is 2.27. The summed E-state index contributed by atoms with van der Waals surface area (Å²) in [5.41, 5.74) is 2.30. The van der Waals surface area contributed by atoms with Crippen molar-refractivity contribution in [2.24, 2.45) is 10.8 Å². The second-order valence-corrected chi connectivity index (χ2v) is 4.62. The van der Waals surface area contributed by atoms with Crippen molar-refractivity contribution in [1.29, 1.82) is 0 Å². The molecule has 88 valence electrons. The minimum atomic E-state index is -3.54. The molecule has 9 heteroatoms. The summed E-state index contributed by atoms with van der Waals surface area (Å²) in [5.74, 6) is 5.47.